The molecule has 0 N–H and O–H groups in total. The molecule has 0 aliphatic carbocycles. The number of rotatable bonds is 26. The molecule has 0 aromatic heterocycles. The lowest BCUT2D eigenvalue weighted by molar-refractivity contribution is 0.306. The highest BCUT2D eigenvalue weighted by Crippen LogP contribution is 2.42. The van der Waals surface area contributed by atoms with Crippen LogP contribution in [0.25, 0.3) is 21.5 Å². The summed E-state index contributed by atoms with van der Waals surface area (Å²) in [6.07, 6.45) is 20.9. The molecule has 0 heterocycles. The summed E-state index contributed by atoms with van der Waals surface area (Å²) in [6, 6.07) is 17.3. The van der Waals surface area contributed by atoms with Crippen LogP contribution in [0.4, 0.5) is 0 Å². The van der Waals surface area contributed by atoms with Crippen molar-refractivity contribution in [1.29, 1.82) is 0 Å². The SMILES string of the molecule is CCCCSCCCCCCCCOc1c2ccccc2c(OCCCCCCCCSCCCC)c2ccccc12. The van der Waals surface area contributed by atoms with Gasteiger partial charge in [-0.3, -0.25) is 0 Å². The van der Waals surface area contributed by atoms with Crippen molar-refractivity contribution in [1.82, 2.24) is 0 Å². The first kappa shape index (κ1) is 35.0. The van der Waals surface area contributed by atoms with Crippen LogP contribution < -0.4 is 9.47 Å². The summed E-state index contributed by atoms with van der Waals surface area (Å²) in [5.74, 6) is 7.38. The van der Waals surface area contributed by atoms with Crippen molar-refractivity contribution in [3.05, 3.63) is 48.5 Å². The molecule has 0 aliphatic rings. The zero-order chi connectivity index (χ0) is 29.5. The van der Waals surface area contributed by atoms with Crippen LogP contribution in [0, 0.1) is 0 Å². The van der Waals surface area contributed by atoms with Gasteiger partial charge >= 0.3 is 0 Å². The van der Waals surface area contributed by atoms with Gasteiger partial charge < -0.3 is 9.47 Å². The first-order valence-electron chi connectivity index (χ1n) is 17.2. The number of thioether (sulfide) groups is 2. The van der Waals surface area contributed by atoms with Crippen LogP contribution in [0.2, 0.25) is 0 Å². The predicted octanol–water partition coefficient (Wildman–Crippen LogP) is 12.5. The molecule has 4 heteroatoms. The summed E-state index contributed by atoms with van der Waals surface area (Å²) < 4.78 is 13.1. The average Bonchev–Trinajstić information content (AvgIpc) is 3.02. The van der Waals surface area contributed by atoms with Gasteiger partial charge in [-0.1, -0.05) is 127 Å². The third-order valence-corrected chi connectivity index (χ3v) is 10.3. The van der Waals surface area contributed by atoms with Crippen LogP contribution in [0.1, 0.15) is 117 Å². The van der Waals surface area contributed by atoms with Gasteiger partial charge in [0.05, 0.1) is 13.2 Å². The van der Waals surface area contributed by atoms with Gasteiger partial charge in [-0.15, -0.1) is 0 Å². The second-order valence-electron chi connectivity index (χ2n) is 11.6. The predicted molar refractivity (Wildman–Crippen MR) is 192 cm³/mol. The third-order valence-electron chi connectivity index (χ3n) is 7.98. The highest BCUT2D eigenvalue weighted by atomic mass is 32.2. The Kier molecular flexibility index (Phi) is 19.1. The summed E-state index contributed by atoms with van der Waals surface area (Å²) in [5, 5.41) is 4.68. The number of benzene rings is 3. The molecule has 3 aromatic rings. The van der Waals surface area contributed by atoms with Crippen molar-refractivity contribution < 1.29 is 9.47 Å². The molecule has 0 saturated heterocycles. The Hall–Kier alpha value is -1.52. The van der Waals surface area contributed by atoms with E-state index in [4.69, 9.17) is 9.47 Å². The molecule has 0 amide bonds. The largest absolute Gasteiger partial charge is 0.492 e. The molecule has 0 spiro atoms. The third kappa shape index (κ3) is 13.0. The van der Waals surface area contributed by atoms with Gasteiger partial charge in [0.25, 0.3) is 0 Å². The van der Waals surface area contributed by atoms with Crippen LogP contribution in [-0.2, 0) is 0 Å². The summed E-state index contributed by atoms with van der Waals surface area (Å²) in [5.41, 5.74) is 0. The fourth-order valence-corrected chi connectivity index (χ4v) is 7.64. The lowest BCUT2D eigenvalue weighted by Crippen LogP contribution is -2.02. The van der Waals surface area contributed by atoms with E-state index in [1.54, 1.807) is 0 Å². The molecule has 0 bridgehead atoms. The second kappa shape index (κ2) is 22.9. The van der Waals surface area contributed by atoms with E-state index in [-0.39, 0.29) is 0 Å². The van der Waals surface area contributed by atoms with Gasteiger partial charge in [0, 0.05) is 21.5 Å². The Morgan fingerprint density at radius 3 is 1.07 bits per heavy atom. The molecule has 0 radical (unpaired) electrons. The Balaban J connectivity index is 1.43. The van der Waals surface area contributed by atoms with Crippen LogP contribution >= 0.6 is 23.5 Å². The van der Waals surface area contributed by atoms with E-state index in [1.807, 2.05) is 0 Å². The minimum atomic E-state index is 0.776. The fraction of sp³-hybridized carbons (Fsp3) is 0.632. The van der Waals surface area contributed by atoms with E-state index in [1.165, 1.54) is 134 Å². The smallest absolute Gasteiger partial charge is 0.135 e. The summed E-state index contributed by atoms with van der Waals surface area (Å²) in [6.45, 7) is 6.11. The van der Waals surface area contributed by atoms with Crippen LogP contribution in [0.15, 0.2) is 48.5 Å². The zero-order valence-corrected chi connectivity index (χ0v) is 28.4. The molecule has 0 fully saturated rings. The maximum absolute atomic E-state index is 6.53. The Morgan fingerprint density at radius 1 is 0.405 bits per heavy atom. The lowest BCUT2D eigenvalue weighted by atomic mass is 10.0. The van der Waals surface area contributed by atoms with E-state index >= 15 is 0 Å². The summed E-state index contributed by atoms with van der Waals surface area (Å²) in [4.78, 5) is 0. The lowest BCUT2D eigenvalue weighted by Gasteiger charge is -2.18. The van der Waals surface area contributed by atoms with Crippen LogP contribution in [0.3, 0.4) is 0 Å². The van der Waals surface area contributed by atoms with E-state index in [9.17, 15) is 0 Å². The molecule has 2 nitrogen and oxygen atoms in total. The van der Waals surface area contributed by atoms with Crippen molar-refractivity contribution in [3.8, 4) is 11.5 Å². The molecule has 3 aromatic carbocycles. The highest BCUT2D eigenvalue weighted by molar-refractivity contribution is 7.99. The van der Waals surface area contributed by atoms with Gasteiger partial charge in [-0.05, 0) is 61.5 Å². The molecule has 0 atom stereocenters. The van der Waals surface area contributed by atoms with E-state index in [2.05, 4.69) is 85.9 Å². The molecule has 234 valence electrons. The van der Waals surface area contributed by atoms with Crippen molar-refractivity contribution in [2.75, 3.05) is 36.2 Å². The molecule has 0 saturated carbocycles. The van der Waals surface area contributed by atoms with E-state index in [0.717, 1.165) is 37.6 Å². The average molecular weight is 611 g/mol. The Bertz CT molecular complexity index is 956. The van der Waals surface area contributed by atoms with Crippen LogP contribution in [-0.4, -0.2) is 36.2 Å². The van der Waals surface area contributed by atoms with Crippen molar-refractivity contribution in [2.24, 2.45) is 0 Å². The van der Waals surface area contributed by atoms with Gasteiger partial charge in [-0.25, -0.2) is 0 Å². The van der Waals surface area contributed by atoms with Crippen molar-refractivity contribution in [3.63, 3.8) is 0 Å². The maximum Gasteiger partial charge on any atom is 0.135 e. The van der Waals surface area contributed by atoms with Gasteiger partial charge in [-0.2, -0.15) is 23.5 Å². The normalized spacial score (nSPS) is 11.5. The molecular formula is C38H58O2S2. The molecule has 0 unspecified atom stereocenters. The van der Waals surface area contributed by atoms with E-state index in [0.29, 0.717) is 0 Å². The topological polar surface area (TPSA) is 18.5 Å². The number of hydrogen-bond acceptors (Lipinski definition) is 4. The maximum atomic E-state index is 6.53. The number of fused-ring (bicyclic) bond motifs is 2. The summed E-state index contributed by atoms with van der Waals surface area (Å²) in [7, 11) is 0. The number of hydrogen-bond donors (Lipinski definition) is 0. The minimum absolute atomic E-state index is 0.776. The molecular weight excluding hydrogens is 553 g/mol. The molecule has 42 heavy (non-hydrogen) atoms. The van der Waals surface area contributed by atoms with Crippen molar-refractivity contribution >= 4 is 45.1 Å². The number of ether oxygens (including phenoxy) is 2. The Morgan fingerprint density at radius 2 is 0.714 bits per heavy atom. The Labute approximate surface area is 266 Å². The monoisotopic (exact) mass is 610 g/mol. The zero-order valence-electron chi connectivity index (χ0n) is 26.8. The fourth-order valence-electron chi connectivity index (χ4n) is 5.43. The van der Waals surface area contributed by atoms with E-state index < -0.39 is 0 Å². The quantitative estimate of drug-likeness (QED) is 0.0664. The highest BCUT2D eigenvalue weighted by Gasteiger charge is 2.15. The first-order chi connectivity index (χ1) is 20.9. The van der Waals surface area contributed by atoms with Gasteiger partial charge in [0.15, 0.2) is 0 Å². The standard InChI is InChI=1S/C38H58O2S2/c1-3-5-29-41-31-21-13-9-7-11-19-27-39-37-33-23-15-17-25-35(33)38(36-26-18-16-24-34(36)37)40-28-20-12-8-10-14-22-32-42-30-6-4-2/h15-18,23-26H,3-14,19-22,27-32H2,1-2H3. The van der Waals surface area contributed by atoms with Gasteiger partial charge in [0.2, 0.25) is 0 Å². The number of unbranched alkanes of at least 4 members (excludes halogenated alkanes) is 12. The van der Waals surface area contributed by atoms with Gasteiger partial charge in [0.1, 0.15) is 11.5 Å². The minimum Gasteiger partial charge on any atom is -0.492 e. The molecule has 0 aliphatic heterocycles. The first-order valence-corrected chi connectivity index (χ1v) is 19.5. The summed E-state index contributed by atoms with van der Waals surface area (Å²) >= 11 is 4.26. The van der Waals surface area contributed by atoms with Crippen molar-refractivity contribution in [2.45, 2.75) is 117 Å². The second-order valence-corrected chi connectivity index (χ2v) is 14.1. The van der Waals surface area contributed by atoms with Crippen LogP contribution in [0.5, 0.6) is 11.5 Å². The molecule has 3 rings (SSSR count).